The molecule has 3 rings (SSSR count). The number of rotatable bonds is 10. The van der Waals surface area contributed by atoms with Gasteiger partial charge in [-0.15, -0.1) is 0 Å². The molecule has 0 saturated heterocycles. The van der Waals surface area contributed by atoms with Crippen LogP contribution in [0.1, 0.15) is 27.8 Å². The maximum Gasteiger partial charge on any atom is 0.244 e. The molecular weight excluding hydrogens is 510 g/mol. The molecule has 0 aromatic heterocycles. The molecule has 1 N–H and O–H groups in total. The van der Waals surface area contributed by atoms with E-state index in [-0.39, 0.29) is 29.4 Å². The van der Waals surface area contributed by atoms with Crippen molar-refractivity contribution in [1.29, 1.82) is 0 Å². The van der Waals surface area contributed by atoms with Gasteiger partial charge >= 0.3 is 0 Å². The highest BCUT2D eigenvalue weighted by molar-refractivity contribution is 7.89. The number of benzene rings is 3. The topological polar surface area (TPSA) is 104 Å². The van der Waals surface area contributed by atoms with Gasteiger partial charge in [0.05, 0.1) is 16.3 Å². The van der Waals surface area contributed by atoms with E-state index in [9.17, 15) is 21.6 Å². The molecule has 0 unspecified atom stereocenters. The van der Waals surface area contributed by atoms with E-state index < -0.39 is 26.0 Å². The number of hydrogen-bond donors (Lipinski definition) is 1. The summed E-state index contributed by atoms with van der Waals surface area (Å²) in [4.78, 5) is 13.3. The normalized spacial score (nSPS) is 12.2. The fraction of sp³-hybridized carbons (Fsp3) is 0.296. The largest absolute Gasteiger partial charge is 0.351 e. The molecule has 37 heavy (non-hydrogen) atoms. The molecule has 0 heterocycles. The Morgan fingerprint density at radius 3 is 1.89 bits per heavy atom. The van der Waals surface area contributed by atoms with Gasteiger partial charge in [0.25, 0.3) is 0 Å². The molecule has 3 aromatic rings. The molecule has 3 aromatic carbocycles. The summed E-state index contributed by atoms with van der Waals surface area (Å²) in [5, 5.41) is 2.75. The van der Waals surface area contributed by atoms with Crippen LogP contribution in [-0.2, 0) is 37.9 Å². The third-order valence-electron chi connectivity index (χ3n) is 5.92. The van der Waals surface area contributed by atoms with Crippen LogP contribution >= 0.6 is 0 Å². The molecule has 0 fully saturated rings. The van der Waals surface area contributed by atoms with Crippen LogP contribution in [0.4, 0.5) is 0 Å². The van der Waals surface area contributed by atoms with Crippen molar-refractivity contribution in [3.05, 3.63) is 94.5 Å². The number of amides is 1. The van der Waals surface area contributed by atoms with Crippen molar-refractivity contribution in [3.8, 4) is 0 Å². The molecule has 0 saturated carbocycles. The van der Waals surface area contributed by atoms with Crippen molar-refractivity contribution < 1.29 is 21.6 Å². The lowest BCUT2D eigenvalue weighted by molar-refractivity contribution is -0.121. The summed E-state index contributed by atoms with van der Waals surface area (Å²) in [7, 11) is -4.62. The summed E-state index contributed by atoms with van der Waals surface area (Å²) >= 11 is 0. The molecule has 8 nitrogen and oxygen atoms in total. The third kappa shape index (κ3) is 6.84. The Kier molecular flexibility index (Phi) is 8.91. The summed E-state index contributed by atoms with van der Waals surface area (Å²) in [6.45, 7) is 5.23. The SMILES string of the molecule is Cc1cc(C)c(S(=O)(=O)N(CC(=O)NCc2ccc(S(=O)(=O)N(C)C)cc2)Cc2ccccc2)c(C)c1. The first kappa shape index (κ1) is 28.5. The van der Waals surface area contributed by atoms with Crippen LogP contribution in [0.15, 0.2) is 76.5 Å². The molecule has 0 spiro atoms. The van der Waals surface area contributed by atoms with Gasteiger partial charge in [-0.2, -0.15) is 4.31 Å². The average Bonchev–Trinajstić information content (AvgIpc) is 2.82. The van der Waals surface area contributed by atoms with Gasteiger partial charge in [0, 0.05) is 27.2 Å². The van der Waals surface area contributed by atoms with Gasteiger partial charge < -0.3 is 5.32 Å². The van der Waals surface area contributed by atoms with E-state index in [1.807, 2.05) is 49.4 Å². The standard InChI is InChI=1S/C27H33N3O5S2/c1-20-15-21(2)27(22(3)16-20)37(34,35)30(18-24-9-7-6-8-10-24)19-26(31)28-17-23-11-13-25(14-12-23)36(32,33)29(4)5/h6-16H,17-19H2,1-5H3,(H,28,31). The summed E-state index contributed by atoms with van der Waals surface area (Å²) in [6.07, 6.45) is 0. The second kappa shape index (κ2) is 11.6. The van der Waals surface area contributed by atoms with Crippen LogP contribution in [0.2, 0.25) is 0 Å². The predicted molar refractivity (Wildman–Crippen MR) is 144 cm³/mol. The van der Waals surface area contributed by atoms with Gasteiger partial charge in [-0.05, 0) is 55.2 Å². The van der Waals surface area contributed by atoms with Gasteiger partial charge in [-0.1, -0.05) is 60.2 Å². The first-order chi connectivity index (χ1) is 17.3. The summed E-state index contributed by atoms with van der Waals surface area (Å²) < 4.78 is 54.4. The second-order valence-corrected chi connectivity index (χ2v) is 13.2. The average molecular weight is 544 g/mol. The first-order valence-electron chi connectivity index (χ1n) is 11.7. The van der Waals surface area contributed by atoms with Crippen molar-refractivity contribution in [1.82, 2.24) is 13.9 Å². The zero-order valence-corrected chi connectivity index (χ0v) is 23.4. The van der Waals surface area contributed by atoms with Gasteiger partial charge in [-0.3, -0.25) is 4.79 Å². The lowest BCUT2D eigenvalue weighted by Gasteiger charge is -2.24. The van der Waals surface area contributed by atoms with E-state index in [2.05, 4.69) is 5.32 Å². The van der Waals surface area contributed by atoms with Crippen LogP contribution in [-0.4, -0.2) is 52.0 Å². The molecule has 0 bridgehead atoms. The molecule has 0 atom stereocenters. The lowest BCUT2D eigenvalue weighted by atomic mass is 10.1. The number of carbonyl (C=O) groups is 1. The number of carbonyl (C=O) groups excluding carboxylic acids is 1. The van der Waals surface area contributed by atoms with Crippen molar-refractivity contribution in [2.24, 2.45) is 0 Å². The minimum atomic E-state index is -3.98. The molecule has 1 amide bonds. The highest BCUT2D eigenvalue weighted by Gasteiger charge is 2.30. The number of hydrogen-bond acceptors (Lipinski definition) is 5. The zero-order chi connectivity index (χ0) is 27.4. The smallest absolute Gasteiger partial charge is 0.244 e. The number of nitrogens with zero attached hydrogens (tertiary/aromatic N) is 2. The number of aryl methyl sites for hydroxylation is 3. The van der Waals surface area contributed by atoms with Crippen LogP contribution in [0.25, 0.3) is 0 Å². The Bertz CT molecular complexity index is 1450. The molecule has 0 aliphatic carbocycles. The second-order valence-electron chi connectivity index (χ2n) is 9.19. The predicted octanol–water partition coefficient (Wildman–Crippen LogP) is 3.37. The van der Waals surface area contributed by atoms with Gasteiger partial charge in [0.1, 0.15) is 0 Å². The highest BCUT2D eigenvalue weighted by atomic mass is 32.2. The van der Waals surface area contributed by atoms with Gasteiger partial charge in [-0.25, -0.2) is 21.1 Å². The summed E-state index contributed by atoms with van der Waals surface area (Å²) in [6, 6.07) is 19.0. The molecule has 0 aliphatic heterocycles. The van der Waals surface area contributed by atoms with Crippen molar-refractivity contribution in [2.45, 2.75) is 43.7 Å². The van der Waals surface area contributed by atoms with Crippen molar-refractivity contribution in [2.75, 3.05) is 20.6 Å². The Labute approximate surface area is 220 Å². The maximum absolute atomic E-state index is 13.8. The van der Waals surface area contributed by atoms with E-state index in [1.165, 1.54) is 30.5 Å². The lowest BCUT2D eigenvalue weighted by Crippen LogP contribution is -2.40. The fourth-order valence-electron chi connectivity index (χ4n) is 4.12. The molecule has 10 heteroatoms. The van der Waals surface area contributed by atoms with Gasteiger partial charge in [0.15, 0.2) is 0 Å². The Hall–Kier alpha value is -3.05. The van der Waals surface area contributed by atoms with Crippen LogP contribution < -0.4 is 5.32 Å². The Balaban J connectivity index is 1.81. The molecule has 198 valence electrons. The van der Waals surface area contributed by atoms with Crippen LogP contribution in [0, 0.1) is 20.8 Å². The minimum absolute atomic E-state index is 0.0421. The van der Waals surface area contributed by atoms with E-state index in [4.69, 9.17) is 0 Å². The Morgan fingerprint density at radius 2 is 1.35 bits per heavy atom. The van der Waals surface area contributed by atoms with Crippen molar-refractivity contribution >= 4 is 26.0 Å². The maximum atomic E-state index is 13.8. The summed E-state index contributed by atoms with van der Waals surface area (Å²) in [5.41, 5.74) is 3.67. The minimum Gasteiger partial charge on any atom is -0.351 e. The number of nitrogens with one attached hydrogen (secondary N) is 1. The van der Waals surface area contributed by atoms with Gasteiger partial charge in [0.2, 0.25) is 26.0 Å². The van der Waals surface area contributed by atoms with E-state index in [1.54, 1.807) is 26.0 Å². The van der Waals surface area contributed by atoms with Crippen LogP contribution in [0.3, 0.4) is 0 Å². The molecule has 0 aliphatic rings. The fourth-order valence-corrected chi connectivity index (χ4v) is 6.82. The quantitative estimate of drug-likeness (QED) is 0.422. The van der Waals surface area contributed by atoms with E-state index in [0.717, 1.165) is 15.4 Å². The van der Waals surface area contributed by atoms with Crippen molar-refractivity contribution in [3.63, 3.8) is 0 Å². The van der Waals surface area contributed by atoms with E-state index >= 15 is 0 Å². The number of sulfonamides is 2. The Morgan fingerprint density at radius 1 is 0.784 bits per heavy atom. The zero-order valence-electron chi connectivity index (χ0n) is 21.7. The highest BCUT2D eigenvalue weighted by Crippen LogP contribution is 2.26. The van der Waals surface area contributed by atoms with E-state index in [0.29, 0.717) is 16.7 Å². The molecule has 0 radical (unpaired) electrons. The third-order valence-corrected chi connectivity index (χ3v) is 9.84. The monoisotopic (exact) mass is 543 g/mol. The first-order valence-corrected chi connectivity index (χ1v) is 14.6. The molecular formula is C27H33N3O5S2. The van der Waals surface area contributed by atoms with Crippen LogP contribution in [0.5, 0.6) is 0 Å². The summed E-state index contributed by atoms with van der Waals surface area (Å²) in [5.74, 6) is -0.466.